The first-order chi connectivity index (χ1) is 9.69. The molecule has 1 aromatic carbocycles. The Morgan fingerprint density at radius 2 is 1.85 bits per heavy atom. The molecule has 0 radical (unpaired) electrons. The van der Waals surface area contributed by atoms with Crippen LogP contribution in [0.5, 0.6) is 0 Å². The molecular weight excluding hydrogens is 257 g/mol. The van der Waals surface area contributed by atoms with Crippen molar-refractivity contribution in [1.82, 2.24) is 4.90 Å². The first kappa shape index (κ1) is 14.8. The van der Waals surface area contributed by atoms with Crippen molar-refractivity contribution in [3.8, 4) is 0 Å². The number of hydrogen-bond acceptors (Lipinski definition) is 4. The molecule has 1 fully saturated rings. The first-order valence-electron chi connectivity index (χ1n) is 7.12. The molecule has 1 aromatic rings. The minimum absolute atomic E-state index is 0.193. The van der Waals surface area contributed by atoms with Gasteiger partial charge in [0.15, 0.2) is 5.90 Å². The molecule has 0 aliphatic carbocycles. The van der Waals surface area contributed by atoms with E-state index in [1.807, 2.05) is 19.1 Å². The van der Waals surface area contributed by atoms with Gasteiger partial charge in [0.25, 0.3) is 0 Å². The molecule has 0 aromatic heterocycles. The van der Waals surface area contributed by atoms with Gasteiger partial charge in [-0.05, 0) is 31.2 Å². The highest BCUT2D eigenvalue weighted by molar-refractivity contribution is 5.72. The van der Waals surface area contributed by atoms with Gasteiger partial charge in [-0.1, -0.05) is 0 Å². The average Bonchev–Trinajstić information content (AvgIpc) is 2.47. The maximum absolute atomic E-state index is 12.9. The van der Waals surface area contributed by atoms with Crippen molar-refractivity contribution in [1.29, 1.82) is 5.41 Å². The lowest BCUT2D eigenvalue weighted by Gasteiger charge is -2.36. The third-order valence-corrected chi connectivity index (χ3v) is 3.54. The van der Waals surface area contributed by atoms with Crippen LogP contribution in [0.15, 0.2) is 24.3 Å². The molecular formula is C15H22FN3O. The van der Waals surface area contributed by atoms with Gasteiger partial charge in [0.05, 0.1) is 6.61 Å². The molecule has 0 unspecified atom stereocenters. The lowest BCUT2D eigenvalue weighted by atomic mass is 10.2. The van der Waals surface area contributed by atoms with Crippen LogP contribution in [0.1, 0.15) is 13.3 Å². The van der Waals surface area contributed by atoms with Crippen molar-refractivity contribution in [3.63, 3.8) is 0 Å². The molecule has 0 bridgehead atoms. The quantitative estimate of drug-likeness (QED) is 0.664. The zero-order valence-corrected chi connectivity index (χ0v) is 11.9. The summed E-state index contributed by atoms with van der Waals surface area (Å²) < 4.78 is 18.0. The Hall–Kier alpha value is -1.62. The van der Waals surface area contributed by atoms with Crippen molar-refractivity contribution >= 4 is 11.6 Å². The lowest BCUT2D eigenvalue weighted by Crippen LogP contribution is -2.46. The van der Waals surface area contributed by atoms with Crippen LogP contribution in [0.3, 0.4) is 0 Å². The van der Waals surface area contributed by atoms with Gasteiger partial charge in [-0.25, -0.2) is 4.39 Å². The molecule has 0 spiro atoms. The lowest BCUT2D eigenvalue weighted by molar-refractivity contribution is 0.250. The maximum Gasteiger partial charge on any atom is 0.181 e. The zero-order valence-electron chi connectivity index (χ0n) is 11.9. The van der Waals surface area contributed by atoms with Crippen molar-refractivity contribution in [2.75, 3.05) is 44.2 Å². The Kier molecular flexibility index (Phi) is 5.35. The van der Waals surface area contributed by atoms with Crippen LogP contribution in [0, 0.1) is 11.2 Å². The number of nitrogens with one attached hydrogen (secondary N) is 1. The fourth-order valence-corrected chi connectivity index (χ4v) is 2.39. The topological polar surface area (TPSA) is 39.6 Å². The van der Waals surface area contributed by atoms with E-state index < -0.39 is 0 Å². The molecule has 2 rings (SSSR count). The van der Waals surface area contributed by atoms with Crippen molar-refractivity contribution in [2.24, 2.45) is 0 Å². The van der Waals surface area contributed by atoms with Crippen LogP contribution in [0.4, 0.5) is 10.1 Å². The van der Waals surface area contributed by atoms with E-state index in [4.69, 9.17) is 10.1 Å². The number of piperazine rings is 1. The molecule has 1 aliphatic heterocycles. The predicted octanol–water partition coefficient (Wildman–Crippen LogP) is 2.35. The van der Waals surface area contributed by atoms with Gasteiger partial charge >= 0.3 is 0 Å². The number of anilines is 1. The molecule has 1 heterocycles. The standard InChI is InChI=1S/C15H22FN3O/c1-2-20-15(17)7-8-18-9-11-19(12-10-18)14-5-3-13(16)4-6-14/h3-6,17H,2,7-12H2,1H3. The van der Waals surface area contributed by atoms with Crippen LogP contribution < -0.4 is 4.90 Å². The summed E-state index contributed by atoms with van der Waals surface area (Å²) in [7, 11) is 0. The van der Waals surface area contributed by atoms with Crippen LogP contribution >= 0.6 is 0 Å². The second kappa shape index (κ2) is 7.24. The third-order valence-electron chi connectivity index (χ3n) is 3.54. The molecule has 1 N–H and O–H groups in total. The van der Waals surface area contributed by atoms with Gasteiger partial charge in [0.2, 0.25) is 0 Å². The molecule has 0 atom stereocenters. The summed E-state index contributed by atoms with van der Waals surface area (Å²) >= 11 is 0. The van der Waals surface area contributed by atoms with E-state index in [0.717, 1.165) is 38.4 Å². The monoisotopic (exact) mass is 279 g/mol. The maximum atomic E-state index is 12.9. The Balaban J connectivity index is 1.75. The van der Waals surface area contributed by atoms with E-state index in [2.05, 4.69) is 9.80 Å². The summed E-state index contributed by atoms with van der Waals surface area (Å²) in [6.45, 7) is 7.15. The number of hydrogen-bond donors (Lipinski definition) is 1. The summed E-state index contributed by atoms with van der Waals surface area (Å²) in [5.41, 5.74) is 1.08. The van der Waals surface area contributed by atoms with E-state index >= 15 is 0 Å². The van der Waals surface area contributed by atoms with Crippen molar-refractivity contribution < 1.29 is 9.13 Å². The fourth-order valence-electron chi connectivity index (χ4n) is 2.39. The molecule has 5 heteroatoms. The fraction of sp³-hybridized carbons (Fsp3) is 0.533. The highest BCUT2D eigenvalue weighted by Gasteiger charge is 2.17. The van der Waals surface area contributed by atoms with E-state index in [0.29, 0.717) is 18.9 Å². The molecule has 20 heavy (non-hydrogen) atoms. The number of benzene rings is 1. The van der Waals surface area contributed by atoms with Gasteiger partial charge < -0.3 is 9.64 Å². The normalized spacial score (nSPS) is 16.2. The molecule has 1 aliphatic rings. The average molecular weight is 279 g/mol. The number of rotatable bonds is 5. The van der Waals surface area contributed by atoms with Crippen LogP contribution in [-0.4, -0.2) is 50.1 Å². The second-order valence-corrected chi connectivity index (χ2v) is 4.91. The zero-order chi connectivity index (χ0) is 14.4. The summed E-state index contributed by atoms with van der Waals surface area (Å²) in [5.74, 6) is 0.176. The van der Waals surface area contributed by atoms with Crippen molar-refractivity contribution in [3.05, 3.63) is 30.1 Å². The smallest absolute Gasteiger partial charge is 0.181 e. The Morgan fingerprint density at radius 1 is 1.20 bits per heavy atom. The van der Waals surface area contributed by atoms with Crippen LogP contribution in [0.2, 0.25) is 0 Å². The minimum atomic E-state index is -0.193. The van der Waals surface area contributed by atoms with Gasteiger partial charge in [-0.15, -0.1) is 0 Å². The molecule has 0 amide bonds. The minimum Gasteiger partial charge on any atom is -0.481 e. The molecule has 0 saturated carbocycles. The van der Waals surface area contributed by atoms with Gasteiger partial charge in [0.1, 0.15) is 5.82 Å². The Labute approximate surface area is 119 Å². The van der Waals surface area contributed by atoms with E-state index in [9.17, 15) is 4.39 Å². The SMILES string of the molecule is CCOC(=N)CCN1CCN(c2ccc(F)cc2)CC1. The first-order valence-corrected chi connectivity index (χ1v) is 7.12. The number of nitrogens with zero attached hydrogens (tertiary/aromatic N) is 2. The Morgan fingerprint density at radius 3 is 2.45 bits per heavy atom. The number of ether oxygens (including phenoxy) is 1. The Bertz CT molecular complexity index is 427. The van der Waals surface area contributed by atoms with Crippen LogP contribution in [-0.2, 0) is 4.74 Å². The highest BCUT2D eigenvalue weighted by atomic mass is 19.1. The van der Waals surface area contributed by atoms with Gasteiger partial charge in [0, 0.05) is 44.8 Å². The molecule has 4 nitrogen and oxygen atoms in total. The highest BCUT2D eigenvalue weighted by Crippen LogP contribution is 2.16. The van der Waals surface area contributed by atoms with Crippen molar-refractivity contribution in [2.45, 2.75) is 13.3 Å². The van der Waals surface area contributed by atoms with Gasteiger partial charge in [-0.3, -0.25) is 10.3 Å². The molecule has 1 saturated heterocycles. The van der Waals surface area contributed by atoms with Gasteiger partial charge in [-0.2, -0.15) is 0 Å². The summed E-state index contributed by atoms with van der Waals surface area (Å²) in [6, 6.07) is 6.67. The van der Waals surface area contributed by atoms with Crippen LogP contribution in [0.25, 0.3) is 0 Å². The molecule has 110 valence electrons. The predicted molar refractivity (Wildman–Crippen MR) is 79.0 cm³/mol. The summed E-state index contributed by atoms with van der Waals surface area (Å²) in [4.78, 5) is 4.61. The summed E-state index contributed by atoms with van der Waals surface area (Å²) in [5, 5.41) is 7.61. The van der Waals surface area contributed by atoms with E-state index in [1.165, 1.54) is 12.1 Å². The summed E-state index contributed by atoms with van der Waals surface area (Å²) in [6.07, 6.45) is 0.671. The number of halogens is 1. The second-order valence-electron chi connectivity index (χ2n) is 4.91. The van der Waals surface area contributed by atoms with E-state index in [1.54, 1.807) is 0 Å². The third kappa shape index (κ3) is 4.20. The van der Waals surface area contributed by atoms with E-state index in [-0.39, 0.29) is 5.82 Å². The largest absolute Gasteiger partial charge is 0.481 e.